The van der Waals surface area contributed by atoms with E-state index in [9.17, 15) is 17.6 Å². The second-order valence-corrected chi connectivity index (χ2v) is 8.65. The van der Waals surface area contributed by atoms with Crippen LogP contribution in [-0.4, -0.2) is 35.9 Å². The highest BCUT2D eigenvalue weighted by molar-refractivity contribution is 5.92. The molecule has 6 nitrogen and oxygen atoms in total. The number of anilines is 1. The Morgan fingerprint density at radius 1 is 1.09 bits per heavy atom. The Labute approximate surface area is 200 Å². The second kappa shape index (κ2) is 9.85. The zero-order chi connectivity index (χ0) is 25.3. The van der Waals surface area contributed by atoms with Crippen LogP contribution in [0, 0.1) is 12.7 Å². The monoisotopic (exact) mass is 493 g/mol. The summed E-state index contributed by atoms with van der Waals surface area (Å²) in [6.07, 6.45) is -3.03. The number of alkyl halides is 3. The van der Waals surface area contributed by atoms with Gasteiger partial charge in [0.1, 0.15) is 23.6 Å². The number of nitrogens with one attached hydrogen (secondary N) is 1. The van der Waals surface area contributed by atoms with Gasteiger partial charge in [0.05, 0.1) is 30.3 Å². The van der Waals surface area contributed by atoms with Crippen molar-refractivity contribution in [3.8, 4) is 11.5 Å². The predicted octanol–water partition coefficient (Wildman–Crippen LogP) is 6.22. The average molecular weight is 494 g/mol. The molecular formula is C25H27F4N3O3. The molecule has 1 saturated heterocycles. The van der Waals surface area contributed by atoms with Crippen molar-refractivity contribution in [2.45, 2.75) is 58.0 Å². The lowest BCUT2D eigenvalue weighted by Crippen LogP contribution is -2.28. The first-order chi connectivity index (χ1) is 16.5. The van der Waals surface area contributed by atoms with Crippen LogP contribution in [0.2, 0.25) is 0 Å². The summed E-state index contributed by atoms with van der Waals surface area (Å²) < 4.78 is 70.9. The number of methoxy groups -OCH3 is 1. The van der Waals surface area contributed by atoms with Gasteiger partial charge in [-0.25, -0.2) is 14.4 Å². The number of aromatic nitrogens is 2. The maximum Gasteiger partial charge on any atom is 0.416 e. The van der Waals surface area contributed by atoms with Gasteiger partial charge in [-0.3, -0.25) is 0 Å². The van der Waals surface area contributed by atoms with Gasteiger partial charge in [0.2, 0.25) is 0 Å². The molecule has 0 aliphatic carbocycles. The zero-order valence-corrected chi connectivity index (χ0v) is 19.9. The summed E-state index contributed by atoms with van der Waals surface area (Å²) in [6, 6.07) is 5.26. The highest BCUT2D eigenvalue weighted by Gasteiger charge is 2.32. The summed E-state index contributed by atoms with van der Waals surface area (Å²) in [5.41, 5.74) is -0.344. The van der Waals surface area contributed by atoms with Crippen LogP contribution < -0.4 is 14.8 Å². The molecule has 1 aliphatic heterocycles. The number of rotatable bonds is 7. The Morgan fingerprint density at radius 3 is 2.51 bits per heavy atom. The number of nitrogens with zero attached hydrogens (tertiary/aromatic N) is 2. The van der Waals surface area contributed by atoms with Gasteiger partial charge in [0.15, 0.2) is 11.5 Å². The Balaban J connectivity index is 1.70. The van der Waals surface area contributed by atoms with Crippen molar-refractivity contribution in [1.29, 1.82) is 0 Å². The molecule has 1 aromatic heterocycles. The summed E-state index contributed by atoms with van der Waals surface area (Å²) >= 11 is 0. The van der Waals surface area contributed by atoms with E-state index < -0.39 is 23.6 Å². The average Bonchev–Trinajstić information content (AvgIpc) is 3.33. The number of hydrogen-bond donors (Lipinski definition) is 1. The largest absolute Gasteiger partial charge is 0.493 e. The molecule has 3 atom stereocenters. The van der Waals surface area contributed by atoms with Crippen LogP contribution in [0.15, 0.2) is 30.3 Å². The molecule has 188 valence electrons. The van der Waals surface area contributed by atoms with Gasteiger partial charge in [-0.1, -0.05) is 0 Å². The number of fused-ring (bicyclic) bond motifs is 1. The molecule has 1 aliphatic rings. The fourth-order valence-corrected chi connectivity index (χ4v) is 4.18. The summed E-state index contributed by atoms with van der Waals surface area (Å²) in [7, 11) is 1.53. The quantitative estimate of drug-likeness (QED) is 0.394. The van der Waals surface area contributed by atoms with E-state index >= 15 is 0 Å². The third-order valence-electron chi connectivity index (χ3n) is 5.99. The van der Waals surface area contributed by atoms with Crippen LogP contribution in [0.5, 0.6) is 11.5 Å². The Kier molecular flexibility index (Phi) is 7.02. The predicted molar refractivity (Wildman–Crippen MR) is 123 cm³/mol. The third kappa shape index (κ3) is 5.58. The van der Waals surface area contributed by atoms with Gasteiger partial charge in [0, 0.05) is 18.1 Å². The summed E-state index contributed by atoms with van der Waals surface area (Å²) in [6.45, 7) is 5.96. The highest BCUT2D eigenvalue weighted by Crippen LogP contribution is 2.37. The Bertz CT molecular complexity index is 1210. The maximum atomic E-state index is 14.0. The summed E-state index contributed by atoms with van der Waals surface area (Å²) in [5.74, 6) is 0.826. The zero-order valence-electron chi connectivity index (χ0n) is 19.9. The van der Waals surface area contributed by atoms with Crippen molar-refractivity contribution in [2.24, 2.45) is 0 Å². The Hall–Kier alpha value is -3.14. The number of halogens is 4. The minimum absolute atomic E-state index is 0.0295. The van der Waals surface area contributed by atoms with Gasteiger partial charge in [-0.15, -0.1) is 0 Å². The van der Waals surface area contributed by atoms with Crippen molar-refractivity contribution in [1.82, 2.24) is 9.97 Å². The molecular weight excluding hydrogens is 466 g/mol. The van der Waals surface area contributed by atoms with E-state index in [4.69, 9.17) is 14.2 Å². The second-order valence-electron chi connectivity index (χ2n) is 8.65. The van der Waals surface area contributed by atoms with Crippen LogP contribution in [-0.2, 0) is 10.9 Å². The first-order valence-electron chi connectivity index (χ1n) is 11.3. The van der Waals surface area contributed by atoms with Gasteiger partial charge in [0.25, 0.3) is 0 Å². The molecule has 10 heteroatoms. The summed E-state index contributed by atoms with van der Waals surface area (Å²) in [5, 5.41) is 3.70. The van der Waals surface area contributed by atoms with Crippen LogP contribution in [0.25, 0.3) is 10.9 Å². The van der Waals surface area contributed by atoms with Crippen molar-refractivity contribution < 1.29 is 31.8 Å². The number of aryl methyl sites for hydroxylation is 1. The number of benzene rings is 2. The molecule has 3 aromatic rings. The lowest BCUT2D eigenvalue weighted by Gasteiger charge is -2.23. The molecule has 1 N–H and O–H groups in total. The molecule has 4 rings (SSSR count). The molecule has 0 radical (unpaired) electrons. The van der Waals surface area contributed by atoms with Crippen molar-refractivity contribution in [2.75, 3.05) is 19.0 Å². The van der Waals surface area contributed by atoms with Crippen LogP contribution in [0.1, 0.15) is 49.7 Å². The minimum Gasteiger partial charge on any atom is -0.493 e. The smallest absolute Gasteiger partial charge is 0.416 e. The SMILES string of the molecule is COc1cc2nc(C)nc(N[C@H](C)c3cc(F)cc(C(F)(F)F)c3)c2cc1OC(C)[C@@H]1CCCO1. The van der Waals surface area contributed by atoms with E-state index in [0.29, 0.717) is 46.7 Å². The standard InChI is InChI=1S/C25H27F4N3O3/c1-13(16-8-17(25(27,28)29)10-18(26)9-16)30-24-19-11-23(35-14(2)21-6-5-7-34-21)22(33-4)12-20(19)31-15(3)32-24/h8-14,21H,5-7H2,1-4H3,(H,30,31,32)/t13-,14?,21+/m1/s1. The fourth-order valence-electron chi connectivity index (χ4n) is 4.18. The first-order valence-corrected chi connectivity index (χ1v) is 11.3. The normalized spacial score (nSPS) is 17.9. The molecule has 1 unspecified atom stereocenters. The van der Waals surface area contributed by atoms with E-state index in [0.717, 1.165) is 25.0 Å². The van der Waals surface area contributed by atoms with E-state index in [2.05, 4.69) is 15.3 Å². The lowest BCUT2D eigenvalue weighted by atomic mass is 10.0. The first kappa shape index (κ1) is 25.0. The Morgan fingerprint density at radius 2 is 1.86 bits per heavy atom. The topological polar surface area (TPSA) is 65.5 Å². The molecule has 0 spiro atoms. The molecule has 0 amide bonds. The minimum atomic E-state index is -4.66. The van der Waals surface area contributed by atoms with E-state index in [1.807, 2.05) is 6.92 Å². The van der Waals surface area contributed by atoms with Gasteiger partial charge < -0.3 is 19.5 Å². The molecule has 2 heterocycles. The van der Waals surface area contributed by atoms with Crippen LogP contribution in [0.4, 0.5) is 23.4 Å². The maximum absolute atomic E-state index is 14.0. The molecule has 2 aromatic carbocycles. The fraction of sp³-hybridized carbons (Fsp3) is 0.440. The van der Waals surface area contributed by atoms with Gasteiger partial charge in [-0.2, -0.15) is 13.2 Å². The number of hydrogen-bond acceptors (Lipinski definition) is 6. The lowest BCUT2D eigenvalue weighted by molar-refractivity contribution is -0.137. The van der Waals surface area contributed by atoms with E-state index in [1.165, 1.54) is 7.11 Å². The van der Waals surface area contributed by atoms with E-state index in [1.54, 1.807) is 26.0 Å². The molecule has 0 saturated carbocycles. The summed E-state index contributed by atoms with van der Waals surface area (Å²) in [4.78, 5) is 8.92. The highest BCUT2D eigenvalue weighted by atomic mass is 19.4. The van der Waals surface area contributed by atoms with E-state index in [-0.39, 0.29) is 17.8 Å². The van der Waals surface area contributed by atoms with Crippen molar-refractivity contribution in [3.63, 3.8) is 0 Å². The van der Waals surface area contributed by atoms with Crippen molar-refractivity contribution >= 4 is 16.7 Å². The van der Waals surface area contributed by atoms with Gasteiger partial charge in [-0.05, 0) is 63.4 Å². The molecule has 0 bridgehead atoms. The third-order valence-corrected chi connectivity index (χ3v) is 5.99. The van der Waals surface area contributed by atoms with Crippen LogP contribution in [0.3, 0.4) is 0 Å². The van der Waals surface area contributed by atoms with Gasteiger partial charge >= 0.3 is 6.18 Å². The molecule has 1 fully saturated rings. The number of ether oxygens (including phenoxy) is 3. The van der Waals surface area contributed by atoms with Crippen molar-refractivity contribution in [3.05, 3.63) is 53.1 Å². The van der Waals surface area contributed by atoms with Crippen LogP contribution >= 0.6 is 0 Å². The molecule has 35 heavy (non-hydrogen) atoms.